The normalized spacial score (nSPS) is 10.9. The molecule has 0 amide bonds. The Hall–Kier alpha value is -5.53. The molecule has 0 N–H and O–H groups in total. The summed E-state index contributed by atoms with van der Waals surface area (Å²) in [5.41, 5.74) is 14.5. The molecule has 0 bridgehead atoms. The molecule has 0 fully saturated rings. The van der Waals surface area contributed by atoms with Gasteiger partial charge in [-0.15, -0.1) is 0 Å². The Labute approximate surface area is 260 Å². The van der Waals surface area contributed by atoms with Crippen molar-refractivity contribution in [2.45, 2.75) is 13.3 Å². The average molecular weight is 565 g/mol. The van der Waals surface area contributed by atoms with E-state index < -0.39 is 0 Å². The third-order valence-corrected chi connectivity index (χ3v) is 8.33. The van der Waals surface area contributed by atoms with Crippen LogP contribution in [0.4, 0.5) is 0 Å². The first-order chi connectivity index (χ1) is 21.8. The molecule has 0 saturated heterocycles. The summed E-state index contributed by atoms with van der Waals surface area (Å²) in [7, 11) is 0. The number of pyridine rings is 1. The molecule has 0 unspecified atom stereocenters. The minimum Gasteiger partial charge on any atom is -0.153 e. The quantitative estimate of drug-likeness (QED) is 0.170. The van der Waals surface area contributed by atoms with Crippen LogP contribution >= 0.6 is 0 Å². The smallest absolute Gasteiger partial charge is 0.153 e. The van der Waals surface area contributed by atoms with Gasteiger partial charge < -0.3 is 0 Å². The van der Waals surface area contributed by atoms with Crippen LogP contribution < -0.4 is 4.57 Å². The molecule has 0 aliphatic heterocycles. The maximum Gasteiger partial charge on any atom is 0.219 e. The van der Waals surface area contributed by atoms with Gasteiger partial charge in [0.15, 0.2) is 0 Å². The van der Waals surface area contributed by atoms with Gasteiger partial charge in [0.2, 0.25) is 17.1 Å². The summed E-state index contributed by atoms with van der Waals surface area (Å²) in [6.45, 7) is 2.26. The summed E-state index contributed by atoms with van der Waals surface area (Å²) < 4.78 is 2.45. The number of aromatic nitrogens is 1. The molecule has 0 spiro atoms. The van der Waals surface area contributed by atoms with Crippen molar-refractivity contribution in [1.29, 1.82) is 0 Å². The average Bonchev–Trinajstić information content (AvgIpc) is 3.12. The second kappa shape index (κ2) is 12.4. The third kappa shape index (κ3) is 5.37. The van der Waals surface area contributed by atoms with E-state index in [0.717, 1.165) is 23.5 Å². The summed E-state index contributed by atoms with van der Waals surface area (Å²) >= 11 is 0. The van der Waals surface area contributed by atoms with Crippen LogP contribution in [0.2, 0.25) is 0 Å². The van der Waals surface area contributed by atoms with Crippen LogP contribution in [0.5, 0.6) is 0 Å². The highest BCUT2D eigenvalue weighted by Gasteiger charge is 2.27. The van der Waals surface area contributed by atoms with Crippen molar-refractivity contribution >= 4 is 0 Å². The molecule has 1 heteroatoms. The standard InChI is InChI=1S/C43H34N/c1-2-39-40(33-20-10-4-11-21-33)30-38(31-41(39)34-22-12-5-13-23-34)44-42(35-24-14-6-15-25-35)28-37(32-18-8-3-9-19-32)29-43(44)36-26-16-7-17-27-36/h3-31H,2H2,1H3/q+1. The van der Waals surface area contributed by atoms with Crippen LogP contribution in [0.25, 0.3) is 61.6 Å². The lowest BCUT2D eigenvalue weighted by Gasteiger charge is -2.18. The monoisotopic (exact) mass is 564 g/mol. The fourth-order valence-corrected chi connectivity index (χ4v) is 6.23. The van der Waals surface area contributed by atoms with Crippen LogP contribution in [-0.2, 0) is 6.42 Å². The maximum absolute atomic E-state index is 2.45. The van der Waals surface area contributed by atoms with Gasteiger partial charge in [0, 0.05) is 35.4 Å². The molecule has 1 heterocycles. The lowest BCUT2D eigenvalue weighted by Crippen LogP contribution is -2.36. The number of rotatable bonds is 7. The van der Waals surface area contributed by atoms with E-state index in [1.54, 1.807) is 0 Å². The number of hydrogen-bond donors (Lipinski definition) is 0. The Bertz CT molecular complexity index is 1880. The zero-order chi connectivity index (χ0) is 29.7. The predicted molar refractivity (Wildman–Crippen MR) is 185 cm³/mol. The van der Waals surface area contributed by atoms with Gasteiger partial charge in [-0.3, -0.25) is 0 Å². The number of nitrogens with zero attached hydrogens (tertiary/aromatic N) is 1. The Morgan fingerprint density at radius 1 is 0.364 bits per heavy atom. The first kappa shape index (κ1) is 27.3. The van der Waals surface area contributed by atoms with Gasteiger partial charge in [-0.25, -0.2) is 0 Å². The molecule has 44 heavy (non-hydrogen) atoms. The van der Waals surface area contributed by atoms with Crippen molar-refractivity contribution in [1.82, 2.24) is 0 Å². The molecule has 7 aromatic rings. The van der Waals surface area contributed by atoms with E-state index >= 15 is 0 Å². The minimum absolute atomic E-state index is 0.934. The van der Waals surface area contributed by atoms with Crippen molar-refractivity contribution in [2.24, 2.45) is 0 Å². The summed E-state index contributed by atoms with van der Waals surface area (Å²) in [6, 6.07) is 63.3. The van der Waals surface area contributed by atoms with Gasteiger partial charge >= 0.3 is 0 Å². The van der Waals surface area contributed by atoms with E-state index in [1.165, 1.54) is 50.1 Å². The van der Waals surface area contributed by atoms with E-state index in [2.05, 4.69) is 187 Å². The van der Waals surface area contributed by atoms with Crippen LogP contribution in [0.15, 0.2) is 176 Å². The van der Waals surface area contributed by atoms with Gasteiger partial charge in [-0.2, -0.15) is 4.57 Å². The minimum atomic E-state index is 0.934. The van der Waals surface area contributed by atoms with Crippen LogP contribution in [0.3, 0.4) is 0 Å². The van der Waals surface area contributed by atoms with Crippen molar-refractivity contribution in [3.05, 3.63) is 181 Å². The van der Waals surface area contributed by atoms with Gasteiger partial charge in [-0.1, -0.05) is 134 Å². The largest absolute Gasteiger partial charge is 0.219 e. The van der Waals surface area contributed by atoms with Crippen LogP contribution in [0, 0.1) is 0 Å². The SMILES string of the molecule is CCc1c(-c2ccccc2)cc(-[n+]2c(-c3ccccc3)cc(-c3ccccc3)cc2-c2ccccc2)cc1-c1ccccc1. The van der Waals surface area contributed by atoms with Gasteiger partial charge in [0.05, 0.1) is 0 Å². The molecule has 0 atom stereocenters. The van der Waals surface area contributed by atoms with Crippen LogP contribution in [-0.4, -0.2) is 0 Å². The Kier molecular flexibility index (Phi) is 7.68. The summed E-state index contributed by atoms with van der Waals surface area (Å²) in [6.07, 6.45) is 0.934. The predicted octanol–water partition coefficient (Wildman–Crippen LogP) is 10.9. The van der Waals surface area contributed by atoms with E-state index in [-0.39, 0.29) is 0 Å². The molecule has 0 aliphatic rings. The second-order valence-electron chi connectivity index (χ2n) is 11.1. The third-order valence-electron chi connectivity index (χ3n) is 8.33. The number of hydrogen-bond acceptors (Lipinski definition) is 0. The Morgan fingerprint density at radius 3 is 1.07 bits per heavy atom. The fraction of sp³-hybridized carbons (Fsp3) is 0.0465. The zero-order valence-electron chi connectivity index (χ0n) is 24.9. The lowest BCUT2D eigenvalue weighted by atomic mass is 9.89. The van der Waals surface area contributed by atoms with Gasteiger partial charge in [0.1, 0.15) is 0 Å². The highest BCUT2D eigenvalue weighted by molar-refractivity contribution is 5.81. The maximum atomic E-state index is 2.45. The number of benzene rings is 6. The molecular weight excluding hydrogens is 530 g/mol. The van der Waals surface area contributed by atoms with E-state index in [0.29, 0.717) is 0 Å². The summed E-state index contributed by atoms with van der Waals surface area (Å²) in [4.78, 5) is 0. The van der Waals surface area contributed by atoms with E-state index in [1.807, 2.05) is 0 Å². The summed E-state index contributed by atoms with van der Waals surface area (Å²) in [5.74, 6) is 0. The zero-order valence-corrected chi connectivity index (χ0v) is 24.9. The molecule has 210 valence electrons. The van der Waals surface area contributed by atoms with Gasteiger partial charge in [0.25, 0.3) is 0 Å². The highest BCUT2D eigenvalue weighted by Crippen LogP contribution is 2.37. The summed E-state index contributed by atoms with van der Waals surface area (Å²) in [5, 5.41) is 0. The van der Waals surface area contributed by atoms with Crippen molar-refractivity contribution < 1.29 is 4.57 Å². The Morgan fingerprint density at radius 2 is 0.705 bits per heavy atom. The van der Waals surface area contributed by atoms with E-state index in [9.17, 15) is 0 Å². The first-order valence-corrected chi connectivity index (χ1v) is 15.3. The van der Waals surface area contributed by atoms with Crippen molar-refractivity contribution in [2.75, 3.05) is 0 Å². The molecule has 7 rings (SSSR count). The highest BCUT2D eigenvalue weighted by atomic mass is 15.0. The molecular formula is C43H34N+. The molecule has 1 nitrogen and oxygen atoms in total. The molecule has 0 saturated carbocycles. The topological polar surface area (TPSA) is 3.88 Å². The van der Waals surface area contributed by atoms with Crippen molar-refractivity contribution in [3.63, 3.8) is 0 Å². The molecule has 0 aliphatic carbocycles. The van der Waals surface area contributed by atoms with Crippen LogP contribution in [0.1, 0.15) is 12.5 Å². The van der Waals surface area contributed by atoms with Gasteiger partial charge in [-0.05, 0) is 69.6 Å². The van der Waals surface area contributed by atoms with E-state index in [4.69, 9.17) is 0 Å². The first-order valence-electron chi connectivity index (χ1n) is 15.3. The Balaban J connectivity index is 1.61. The van der Waals surface area contributed by atoms with Crippen molar-refractivity contribution in [3.8, 4) is 61.6 Å². The molecule has 1 aromatic heterocycles. The lowest BCUT2D eigenvalue weighted by molar-refractivity contribution is -0.572. The second-order valence-corrected chi connectivity index (χ2v) is 11.1. The molecule has 0 radical (unpaired) electrons. The molecule has 6 aromatic carbocycles. The fourth-order valence-electron chi connectivity index (χ4n) is 6.23.